The van der Waals surface area contributed by atoms with E-state index in [1.54, 1.807) is 0 Å². The maximum Gasteiger partial charge on any atom is 0.0596 e. The second-order valence-corrected chi connectivity index (χ2v) is 6.88. The highest BCUT2D eigenvalue weighted by Gasteiger charge is 2.31. The van der Waals surface area contributed by atoms with Crippen LogP contribution in [0.5, 0.6) is 0 Å². The number of aromatic nitrogens is 2. The fourth-order valence-electron chi connectivity index (χ4n) is 2.55. The van der Waals surface area contributed by atoms with Crippen LogP contribution in [0.25, 0.3) is 0 Å². The lowest BCUT2D eigenvalue weighted by atomic mass is 9.80. The molecule has 0 spiro atoms. The molecule has 0 bridgehead atoms. The summed E-state index contributed by atoms with van der Waals surface area (Å²) < 4.78 is 2.09. The topological polar surface area (TPSA) is 17.8 Å². The summed E-state index contributed by atoms with van der Waals surface area (Å²) >= 11 is 13.4. The van der Waals surface area contributed by atoms with Gasteiger partial charge in [-0.05, 0) is 37.6 Å². The molecule has 114 valence electrons. The highest BCUT2D eigenvalue weighted by molar-refractivity contribution is 9.09. The van der Waals surface area contributed by atoms with Gasteiger partial charge in [-0.25, -0.2) is 0 Å². The Hall–Kier alpha value is -0.320. The molecule has 0 N–H and O–H groups in total. The van der Waals surface area contributed by atoms with E-state index in [9.17, 15) is 0 Å². The summed E-state index contributed by atoms with van der Waals surface area (Å²) in [6, 6.07) is 10.3. The predicted octanol–water partition coefficient (Wildman–Crippen LogP) is 5.14. The SMILES string of the molecule is CCn1nc(C)cc1CC(CBr)(CBr)c1ccc(Cl)cc1. The van der Waals surface area contributed by atoms with Gasteiger partial charge >= 0.3 is 0 Å². The Balaban J connectivity index is 2.40. The van der Waals surface area contributed by atoms with Crippen molar-refractivity contribution in [2.75, 3.05) is 10.7 Å². The molecule has 0 aliphatic heterocycles. The fraction of sp³-hybridized carbons (Fsp3) is 0.438. The highest BCUT2D eigenvalue weighted by atomic mass is 79.9. The molecule has 0 unspecified atom stereocenters. The van der Waals surface area contributed by atoms with Crippen molar-refractivity contribution in [3.05, 3.63) is 52.3 Å². The quantitative estimate of drug-likeness (QED) is 0.576. The van der Waals surface area contributed by atoms with E-state index in [1.807, 2.05) is 19.1 Å². The average Bonchev–Trinajstić information content (AvgIpc) is 2.85. The summed E-state index contributed by atoms with van der Waals surface area (Å²) in [4.78, 5) is 0. The largest absolute Gasteiger partial charge is 0.270 e. The molecule has 1 aromatic carbocycles. The first-order valence-corrected chi connectivity index (χ1v) is 9.58. The van der Waals surface area contributed by atoms with Gasteiger partial charge in [0.1, 0.15) is 0 Å². The van der Waals surface area contributed by atoms with Crippen LogP contribution < -0.4 is 0 Å². The summed E-state index contributed by atoms with van der Waals surface area (Å²) in [7, 11) is 0. The molecular formula is C16H19Br2ClN2. The molecular weight excluding hydrogens is 415 g/mol. The minimum absolute atomic E-state index is 0.00994. The predicted molar refractivity (Wildman–Crippen MR) is 97.1 cm³/mol. The first-order valence-electron chi connectivity index (χ1n) is 6.96. The monoisotopic (exact) mass is 432 g/mol. The van der Waals surface area contributed by atoms with Crippen molar-refractivity contribution < 1.29 is 0 Å². The third kappa shape index (κ3) is 3.72. The maximum atomic E-state index is 6.02. The Morgan fingerprint density at radius 1 is 1.19 bits per heavy atom. The van der Waals surface area contributed by atoms with Gasteiger partial charge in [-0.3, -0.25) is 4.68 Å². The van der Waals surface area contributed by atoms with Crippen LogP contribution in [0.2, 0.25) is 5.02 Å². The second kappa shape index (κ2) is 7.30. The minimum atomic E-state index is -0.00994. The van der Waals surface area contributed by atoms with Crippen molar-refractivity contribution in [1.82, 2.24) is 9.78 Å². The molecule has 1 heterocycles. The van der Waals surface area contributed by atoms with E-state index in [1.165, 1.54) is 11.3 Å². The molecule has 1 aromatic heterocycles. The summed E-state index contributed by atoms with van der Waals surface area (Å²) in [6.45, 7) is 5.06. The lowest BCUT2D eigenvalue weighted by Crippen LogP contribution is -2.33. The van der Waals surface area contributed by atoms with E-state index in [0.717, 1.165) is 34.3 Å². The summed E-state index contributed by atoms with van der Waals surface area (Å²) in [5.74, 6) is 0. The number of benzene rings is 1. The van der Waals surface area contributed by atoms with Crippen LogP contribution >= 0.6 is 43.5 Å². The number of hydrogen-bond acceptors (Lipinski definition) is 1. The van der Waals surface area contributed by atoms with E-state index < -0.39 is 0 Å². The van der Waals surface area contributed by atoms with Crippen LogP contribution in [0.4, 0.5) is 0 Å². The van der Waals surface area contributed by atoms with E-state index in [0.29, 0.717) is 0 Å². The second-order valence-electron chi connectivity index (χ2n) is 5.32. The van der Waals surface area contributed by atoms with Gasteiger partial charge in [0, 0.05) is 39.8 Å². The Labute approximate surface area is 148 Å². The molecule has 0 amide bonds. The smallest absolute Gasteiger partial charge is 0.0596 e. The Morgan fingerprint density at radius 2 is 1.81 bits per heavy atom. The van der Waals surface area contributed by atoms with Gasteiger partial charge in [0.25, 0.3) is 0 Å². The Bertz CT molecular complexity index is 589. The highest BCUT2D eigenvalue weighted by Crippen LogP contribution is 2.33. The molecule has 0 saturated carbocycles. The van der Waals surface area contributed by atoms with Crippen LogP contribution in [-0.4, -0.2) is 20.4 Å². The normalized spacial score (nSPS) is 11.9. The average molecular weight is 435 g/mol. The van der Waals surface area contributed by atoms with Gasteiger partial charge in [-0.15, -0.1) is 0 Å². The van der Waals surface area contributed by atoms with Crippen molar-refractivity contribution in [3.8, 4) is 0 Å². The zero-order valence-electron chi connectivity index (χ0n) is 12.2. The van der Waals surface area contributed by atoms with Crippen molar-refractivity contribution in [2.24, 2.45) is 0 Å². The van der Waals surface area contributed by atoms with Crippen LogP contribution in [0.1, 0.15) is 23.9 Å². The molecule has 2 nitrogen and oxygen atoms in total. The number of rotatable bonds is 6. The van der Waals surface area contributed by atoms with Crippen LogP contribution in [-0.2, 0) is 18.4 Å². The van der Waals surface area contributed by atoms with Gasteiger partial charge in [0.15, 0.2) is 0 Å². The van der Waals surface area contributed by atoms with Crippen LogP contribution in [0.15, 0.2) is 30.3 Å². The standard InChI is InChI=1S/C16H19Br2ClN2/c1-3-21-15(8-12(2)20-21)9-16(10-17,11-18)13-4-6-14(19)7-5-13/h4-8H,3,9-11H2,1-2H3. The first kappa shape index (κ1) is 17.0. The van der Waals surface area contributed by atoms with Crippen molar-refractivity contribution >= 4 is 43.5 Å². The number of halogens is 3. The zero-order valence-corrected chi connectivity index (χ0v) is 16.2. The van der Waals surface area contributed by atoms with Gasteiger partial charge in [0.2, 0.25) is 0 Å². The molecule has 0 radical (unpaired) electrons. The van der Waals surface area contributed by atoms with E-state index in [-0.39, 0.29) is 5.41 Å². The number of hydrogen-bond donors (Lipinski definition) is 0. The van der Waals surface area contributed by atoms with Gasteiger partial charge in [0.05, 0.1) is 5.69 Å². The summed E-state index contributed by atoms with van der Waals surface area (Å²) in [5, 5.41) is 7.08. The molecule has 0 aliphatic carbocycles. The number of aryl methyl sites for hydroxylation is 2. The molecule has 5 heteroatoms. The third-order valence-corrected chi connectivity index (χ3v) is 6.17. The lowest BCUT2D eigenvalue weighted by molar-refractivity contribution is 0.508. The first-order chi connectivity index (χ1) is 10.0. The third-order valence-electron chi connectivity index (χ3n) is 3.77. The van der Waals surface area contributed by atoms with Crippen molar-refractivity contribution in [1.29, 1.82) is 0 Å². The molecule has 0 atom stereocenters. The number of nitrogens with zero attached hydrogens (tertiary/aromatic N) is 2. The Morgan fingerprint density at radius 3 is 2.33 bits per heavy atom. The van der Waals surface area contributed by atoms with Crippen LogP contribution in [0, 0.1) is 6.92 Å². The van der Waals surface area contributed by atoms with Gasteiger partial charge in [-0.1, -0.05) is 55.6 Å². The zero-order chi connectivity index (χ0) is 15.5. The Kier molecular flexibility index (Phi) is 5.92. The lowest BCUT2D eigenvalue weighted by Gasteiger charge is -2.31. The minimum Gasteiger partial charge on any atom is -0.270 e. The molecule has 2 aromatic rings. The molecule has 0 aliphatic rings. The maximum absolute atomic E-state index is 6.02. The van der Waals surface area contributed by atoms with Crippen LogP contribution in [0.3, 0.4) is 0 Å². The number of alkyl halides is 2. The fourth-order valence-corrected chi connectivity index (χ4v) is 4.65. The summed E-state index contributed by atoms with van der Waals surface area (Å²) in [5.41, 5.74) is 3.61. The molecule has 0 saturated heterocycles. The van der Waals surface area contributed by atoms with E-state index in [2.05, 4.69) is 66.8 Å². The summed E-state index contributed by atoms with van der Waals surface area (Å²) in [6.07, 6.45) is 0.930. The van der Waals surface area contributed by atoms with Gasteiger partial charge < -0.3 is 0 Å². The van der Waals surface area contributed by atoms with E-state index >= 15 is 0 Å². The van der Waals surface area contributed by atoms with E-state index in [4.69, 9.17) is 11.6 Å². The van der Waals surface area contributed by atoms with Crippen molar-refractivity contribution in [3.63, 3.8) is 0 Å². The molecule has 2 rings (SSSR count). The van der Waals surface area contributed by atoms with Gasteiger partial charge in [-0.2, -0.15) is 5.10 Å². The van der Waals surface area contributed by atoms with Crippen molar-refractivity contribution in [2.45, 2.75) is 32.2 Å². The molecule has 21 heavy (non-hydrogen) atoms. The molecule has 0 fully saturated rings.